The van der Waals surface area contributed by atoms with Gasteiger partial charge in [-0.3, -0.25) is 0 Å². The lowest BCUT2D eigenvalue weighted by Gasteiger charge is -2.35. The van der Waals surface area contributed by atoms with Crippen LogP contribution in [-0.4, -0.2) is 91.8 Å². The molecule has 0 amide bonds. The molecule has 4 unspecified atom stereocenters. The summed E-state index contributed by atoms with van der Waals surface area (Å²) in [6.07, 6.45) is -45.7. The van der Waals surface area contributed by atoms with Crippen LogP contribution in [0.2, 0.25) is 0 Å². The van der Waals surface area contributed by atoms with Gasteiger partial charge in [-0.05, 0) is 6.92 Å². The molecule has 25 heteroatoms. The number of ether oxygens (including phenoxy) is 5. The fraction of sp³-hybridized carbons (Fsp3) is 0.688. The van der Waals surface area contributed by atoms with Crippen LogP contribution < -0.4 is 0 Å². The lowest BCUT2D eigenvalue weighted by molar-refractivity contribution is -0.250. The van der Waals surface area contributed by atoms with Crippen LogP contribution >= 0.6 is 0 Å². The zero-order valence-electron chi connectivity index (χ0n) is 18.8. The van der Waals surface area contributed by atoms with Gasteiger partial charge in [-0.1, -0.05) is 0 Å². The van der Waals surface area contributed by atoms with Crippen molar-refractivity contribution in [3.8, 4) is 0 Å². The van der Waals surface area contributed by atoms with Crippen molar-refractivity contribution < 1.29 is 114 Å². The molecule has 0 radical (unpaired) electrons. The normalized spacial score (nSPS) is 16.0. The number of carbonyl (C=O) groups is 5. The van der Waals surface area contributed by atoms with Gasteiger partial charge in [-0.2, -0.15) is 65.9 Å². The fourth-order valence-corrected chi connectivity index (χ4v) is 2.11. The minimum absolute atomic E-state index is 0.0588. The first-order valence-corrected chi connectivity index (χ1v) is 9.34. The van der Waals surface area contributed by atoms with Gasteiger partial charge in [0.15, 0.2) is 18.3 Å². The molecule has 0 aliphatic rings. The first-order valence-electron chi connectivity index (χ1n) is 9.34. The molecule has 41 heavy (non-hydrogen) atoms. The third-order valence-electron chi connectivity index (χ3n) is 3.73. The van der Waals surface area contributed by atoms with Crippen LogP contribution in [0.1, 0.15) is 6.92 Å². The van der Waals surface area contributed by atoms with Crippen molar-refractivity contribution >= 4 is 29.8 Å². The zero-order valence-corrected chi connectivity index (χ0v) is 18.8. The molecular formula is C16H9F15O10. The van der Waals surface area contributed by atoms with Crippen LogP contribution in [-0.2, 0) is 47.7 Å². The van der Waals surface area contributed by atoms with Crippen molar-refractivity contribution in [1.82, 2.24) is 0 Å². The summed E-state index contributed by atoms with van der Waals surface area (Å²) >= 11 is 0. The van der Waals surface area contributed by atoms with Crippen molar-refractivity contribution in [2.45, 2.75) is 62.2 Å². The largest absolute Gasteiger partial charge is 0.490 e. The molecule has 0 heterocycles. The smallest absolute Gasteiger partial charge is 0.455 e. The van der Waals surface area contributed by atoms with Crippen LogP contribution in [0.25, 0.3) is 0 Å². The summed E-state index contributed by atoms with van der Waals surface area (Å²) < 4.78 is 206. The second kappa shape index (κ2) is 12.9. The maximum atomic E-state index is 12.8. The molecule has 0 aromatic rings. The van der Waals surface area contributed by atoms with E-state index in [0.29, 0.717) is 0 Å². The van der Waals surface area contributed by atoms with Crippen LogP contribution in [0.3, 0.4) is 0 Å². The van der Waals surface area contributed by atoms with E-state index in [9.17, 15) is 89.8 Å². The van der Waals surface area contributed by atoms with E-state index in [0.717, 1.165) is 0 Å². The van der Waals surface area contributed by atoms with E-state index in [1.54, 1.807) is 0 Å². The number of alkyl halides is 15. The van der Waals surface area contributed by atoms with Crippen molar-refractivity contribution in [2.75, 3.05) is 6.61 Å². The minimum atomic E-state index is -6.32. The molecule has 0 rings (SSSR count). The Kier molecular flexibility index (Phi) is 11.7. The van der Waals surface area contributed by atoms with Crippen molar-refractivity contribution in [2.24, 2.45) is 0 Å². The molecular weight excluding hydrogens is 637 g/mol. The first-order chi connectivity index (χ1) is 18.0. The van der Waals surface area contributed by atoms with Gasteiger partial charge < -0.3 is 23.7 Å². The third kappa shape index (κ3) is 12.1. The molecule has 0 aliphatic heterocycles. The Labute approximate surface area is 213 Å². The predicted molar refractivity (Wildman–Crippen MR) is 86.4 cm³/mol. The number of halogens is 15. The highest BCUT2D eigenvalue weighted by Crippen LogP contribution is 2.29. The van der Waals surface area contributed by atoms with Crippen molar-refractivity contribution in [3.63, 3.8) is 0 Å². The molecule has 0 bridgehead atoms. The third-order valence-corrected chi connectivity index (χ3v) is 3.73. The van der Waals surface area contributed by atoms with Gasteiger partial charge in [-0.25, -0.2) is 24.0 Å². The molecule has 0 N–H and O–H groups in total. The topological polar surface area (TPSA) is 132 Å². The number of carbonyl (C=O) groups excluding carboxylic acids is 5. The van der Waals surface area contributed by atoms with E-state index in [-0.39, 0.29) is 6.92 Å². The van der Waals surface area contributed by atoms with E-state index in [2.05, 4.69) is 23.7 Å². The minimum Gasteiger partial charge on any atom is -0.455 e. The first kappa shape index (κ1) is 37.3. The van der Waals surface area contributed by atoms with Gasteiger partial charge in [0.1, 0.15) is 12.7 Å². The summed E-state index contributed by atoms with van der Waals surface area (Å²) in [5.41, 5.74) is 0. The maximum absolute atomic E-state index is 12.8. The van der Waals surface area contributed by atoms with E-state index in [1.165, 1.54) is 0 Å². The summed E-state index contributed by atoms with van der Waals surface area (Å²) in [4.78, 5) is 55.7. The molecule has 0 saturated carbocycles. The Balaban J connectivity index is 7.08. The molecule has 0 fully saturated rings. The molecule has 238 valence electrons. The predicted octanol–water partition coefficient (Wildman–Crippen LogP) is 3.01. The van der Waals surface area contributed by atoms with Crippen LogP contribution in [0.4, 0.5) is 65.9 Å². The second-order valence-electron chi connectivity index (χ2n) is 6.88. The Hall–Kier alpha value is -3.70. The lowest BCUT2D eigenvalue weighted by atomic mass is 10.0. The number of rotatable bonds is 9. The average Bonchev–Trinajstić information content (AvgIpc) is 2.74. The molecule has 0 aromatic heterocycles. The summed E-state index contributed by atoms with van der Waals surface area (Å²) in [5, 5.41) is 0. The Morgan fingerprint density at radius 3 is 1.10 bits per heavy atom. The molecule has 0 aromatic carbocycles. The summed E-state index contributed by atoms with van der Waals surface area (Å²) in [6.45, 7) is -2.66. The van der Waals surface area contributed by atoms with Crippen molar-refractivity contribution in [3.05, 3.63) is 0 Å². The summed E-state index contributed by atoms with van der Waals surface area (Å²) in [5.74, 6) is -17.8. The van der Waals surface area contributed by atoms with Gasteiger partial charge in [0.2, 0.25) is 0 Å². The number of hydrogen-bond donors (Lipinski definition) is 0. The average molecular weight is 646 g/mol. The monoisotopic (exact) mass is 646 g/mol. The molecule has 0 saturated heterocycles. The lowest BCUT2D eigenvalue weighted by Crippen LogP contribution is -2.55. The van der Waals surface area contributed by atoms with Gasteiger partial charge in [0.25, 0.3) is 0 Å². The van der Waals surface area contributed by atoms with Crippen molar-refractivity contribution in [1.29, 1.82) is 0 Å². The maximum Gasteiger partial charge on any atom is 0.490 e. The molecule has 4 atom stereocenters. The number of hydrogen-bond acceptors (Lipinski definition) is 10. The highest BCUT2D eigenvalue weighted by atomic mass is 19.4. The molecule has 10 nitrogen and oxygen atoms in total. The van der Waals surface area contributed by atoms with E-state index in [1.807, 2.05) is 0 Å². The molecule has 0 aliphatic carbocycles. The van der Waals surface area contributed by atoms with Gasteiger partial charge in [0, 0.05) is 0 Å². The molecule has 0 spiro atoms. The van der Waals surface area contributed by atoms with Gasteiger partial charge in [-0.15, -0.1) is 0 Å². The number of esters is 5. The Morgan fingerprint density at radius 2 is 0.756 bits per heavy atom. The Morgan fingerprint density at radius 1 is 0.463 bits per heavy atom. The Bertz CT molecular complexity index is 977. The summed E-state index contributed by atoms with van der Waals surface area (Å²) in [6, 6.07) is 0. The highest BCUT2D eigenvalue weighted by Gasteiger charge is 2.55. The highest BCUT2D eigenvalue weighted by molar-refractivity contribution is 5.78. The van der Waals surface area contributed by atoms with Crippen LogP contribution in [0, 0.1) is 0 Å². The van der Waals surface area contributed by atoms with Gasteiger partial charge >= 0.3 is 60.7 Å². The zero-order chi connectivity index (χ0) is 32.9. The van der Waals surface area contributed by atoms with E-state index >= 15 is 0 Å². The van der Waals surface area contributed by atoms with E-state index in [4.69, 9.17) is 0 Å². The van der Waals surface area contributed by atoms with Crippen LogP contribution in [0.5, 0.6) is 0 Å². The van der Waals surface area contributed by atoms with Crippen LogP contribution in [0.15, 0.2) is 0 Å². The standard InChI is InChI=1S/C16H9F15O10/c1-3(38-8(33)13(20,21)22)5(40-10(35)15(26,27)28)6(41-11(36)16(29,30)31)4(39-9(34)14(23,24)25)2-37-7(32)12(17,18)19/h3-6H,2H2,1H3. The quantitative estimate of drug-likeness (QED) is 0.209. The fourth-order valence-electron chi connectivity index (χ4n) is 2.11. The SMILES string of the molecule is CC(OC(=O)C(F)(F)F)C(OC(=O)C(F)(F)F)C(OC(=O)C(F)(F)F)C(COC(=O)C(F)(F)F)OC(=O)C(F)(F)F. The van der Waals surface area contributed by atoms with Gasteiger partial charge in [0.05, 0.1) is 0 Å². The second-order valence-corrected chi connectivity index (χ2v) is 6.88. The van der Waals surface area contributed by atoms with E-state index < -0.39 is 91.8 Å². The summed E-state index contributed by atoms with van der Waals surface area (Å²) in [7, 11) is 0.